The van der Waals surface area contributed by atoms with Gasteiger partial charge in [0.1, 0.15) is 0 Å². The molecular formula is C14H13NO6-2. The lowest BCUT2D eigenvalue weighted by atomic mass is 10.0. The molecule has 0 aromatic heterocycles. The summed E-state index contributed by atoms with van der Waals surface area (Å²) in [6, 6.07) is 3.09. The fourth-order valence-corrected chi connectivity index (χ4v) is 2.15. The highest BCUT2D eigenvalue weighted by atomic mass is 16.5. The zero-order valence-corrected chi connectivity index (χ0v) is 11.1. The van der Waals surface area contributed by atoms with E-state index in [1.165, 1.54) is 0 Å². The lowest BCUT2D eigenvalue weighted by molar-refractivity contribution is -0.255. The van der Waals surface area contributed by atoms with Gasteiger partial charge in [-0.25, -0.2) is 0 Å². The Labute approximate surface area is 120 Å². The van der Waals surface area contributed by atoms with E-state index in [1.54, 1.807) is 0 Å². The Balaban J connectivity index is 2.15. The number of carbonyl (C=O) groups is 3. The summed E-state index contributed by atoms with van der Waals surface area (Å²) in [6.07, 6.45) is 1.67. The van der Waals surface area contributed by atoms with Crippen LogP contribution in [0, 0.1) is 0 Å². The molecule has 21 heavy (non-hydrogen) atoms. The van der Waals surface area contributed by atoms with E-state index in [0.29, 0.717) is 6.61 Å². The third-order valence-electron chi connectivity index (χ3n) is 3.23. The number of rotatable bonds is 5. The van der Waals surface area contributed by atoms with Gasteiger partial charge in [-0.3, -0.25) is 4.79 Å². The lowest BCUT2D eigenvalue weighted by Crippen LogP contribution is -2.34. The molecule has 0 radical (unpaired) electrons. The summed E-state index contributed by atoms with van der Waals surface area (Å²) < 4.78 is 5.34. The van der Waals surface area contributed by atoms with E-state index in [2.05, 4.69) is 5.32 Å². The van der Waals surface area contributed by atoms with E-state index in [0.717, 1.165) is 31.0 Å². The van der Waals surface area contributed by atoms with E-state index in [1.807, 2.05) is 0 Å². The van der Waals surface area contributed by atoms with Crippen molar-refractivity contribution < 1.29 is 29.3 Å². The molecule has 1 aliphatic rings. The van der Waals surface area contributed by atoms with E-state index in [4.69, 9.17) is 4.74 Å². The Morgan fingerprint density at radius 1 is 1.19 bits per heavy atom. The van der Waals surface area contributed by atoms with E-state index >= 15 is 0 Å². The van der Waals surface area contributed by atoms with E-state index in [9.17, 15) is 24.6 Å². The quantitative estimate of drug-likeness (QED) is 0.692. The van der Waals surface area contributed by atoms with Gasteiger partial charge in [0.25, 0.3) is 5.91 Å². The van der Waals surface area contributed by atoms with Crippen molar-refractivity contribution in [3.63, 3.8) is 0 Å². The first-order chi connectivity index (χ1) is 9.99. The highest BCUT2D eigenvalue weighted by Crippen LogP contribution is 2.13. The van der Waals surface area contributed by atoms with Gasteiger partial charge in [-0.2, -0.15) is 0 Å². The number of benzene rings is 1. The van der Waals surface area contributed by atoms with Crippen molar-refractivity contribution in [2.75, 3.05) is 13.2 Å². The SMILES string of the molecule is O=C([O-])c1ccc(C(=O)NC[C@@H]2CCCO2)c(C(=O)[O-])c1. The fourth-order valence-electron chi connectivity index (χ4n) is 2.15. The zero-order valence-electron chi connectivity index (χ0n) is 11.1. The molecule has 1 aromatic carbocycles. The largest absolute Gasteiger partial charge is 0.545 e. The second-order valence-electron chi connectivity index (χ2n) is 4.68. The van der Waals surface area contributed by atoms with Gasteiger partial charge in [-0.15, -0.1) is 0 Å². The summed E-state index contributed by atoms with van der Waals surface area (Å²) >= 11 is 0. The van der Waals surface area contributed by atoms with Crippen LogP contribution in [0.2, 0.25) is 0 Å². The number of carbonyl (C=O) groups excluding carboxylic acids is 3. The smallest absolute Gasteiger partial charge is 0.252 e. The minimum Gasteiger partial charge on any atom is -0.545 e. The normalized spacial score (nSPS) is 17.4. The maximum atomic E-state index is 12.0. The molecule has 7 nitrogen and oxygen atoms in total. The molecule has 0 bridgehead atoms. The third kappa shape index (κ3) is 3.57. The Kier molecular flexibility index (Phi) is 4.54. The van der Waals surface area contributed by atoms with Crippen LogP contribution < -0.4 is 15.5 Å². The van der Waals surface area contributed by atoms with Crippen LogP contribution in [0.25, 0.3) is 0 Å². The van der Waals surface area contributed by atoms with E-state index < -0.39 is 23.4 Å². The number of amides is 1. The predicted octanol–water partition coefficient (Wildman–Crippen LogP) is -1.68. The summed E-state index contributed by atoms with van der Waals surface area (Å²) in [6.45, 7) is 0.915. The molecule has 1 atom stereocenters. The van der Waals surface area contributed by atoms with E-state index in [-0.39, 0.29) is 23.8 Å². The highest BCUT2D eigenvalue weighted by molar-refractivity contribution is 6.05. The van der Waals surface area contributed by atoms with Crippen molar-refractivity contribution in [1.29, 1.82) is 0 Å². The summed E-state index contributed by atoms with van der Waals surface area (Å²) in [7, 11) is 0. The average Bonchev–Trinajstić information content (AvgIpc) is 2.97. The molecule has 1 aliphatic heterocycles. The number of carboxylic acids is 2. The Hall–Kier alpha value is -2.41. The molecule has 2 rings (SSSR count). The van der Waals surface area contributed by atoms with Crippen molar-refractivity contribution in [1.82, 2.24) is 5.32 Å². The van der Waals surface area contributed by atoms with Gasteiger partial charge in [0, 0.05) is 24.3 Å². The number of hydrogen-bond acceptors (Lipinski definition) is 6. The molecular weight excluding hydrogens is 278 g/mol. The lowest BCUT2D eigenvalue weighted by Gasteiger charge is -2.15. The van der Waals surface area contributed by atoms with Gasteiger partial charge in [0.15, 0.2) is 0 Å². The van der Waals surface area contributed by atoms with Crippen LogP contribution in [-0.4, -0.2) is 37.1 Å². The van der Waals surface area contributed by atoms with Crippen molar-refractivity contribution >= 4 is 17.8 Å². The number of aromatic carboxylic acids is 2. The first-order valence-corrected chi connectivity index (χ1v) is 6.45. The minimum absolute atomic E-state index is 0.0807. The second kappa shape index (κ2) is 6.36. The number of ether oxygens (including phenoxy) is 1. The summed E-state index contributed by atoms with van der Waals surface area (Å²) in [5.41, 5.74) is -0.968. The Bertz CT molecular complexity index is 577. The molecule has 0 spiro atoms. The molecule has 1 fully saturated rings. The molecule has 112 valence electrons. The van der Waals surface area contributed by atoms with Crippen LogP contribution >= 0.6 is 0 Å². The van der Waals surface area contributed by atoms with Crippen molar-refractivity contribution in [2.45, 2.75) is 18.9 Å². The zero-order chi connectivity index (χ0) is 15.4. The Morgan fingerprint density at radius 3 is 2.52 bits per heavy atom. The fraction of sp³-hybridized carbons (Fsp3) is 0.357. The first kappa shape index (κ1) is 15.0. The van der Waals surface area contributed by atoms with Crippen molar-refractivity contribution in [2.24, 2.45) is 0 Å². The Morgan fingerprint density at radius 2 is 1.95 bits per heavy atom. The maximum absolute atomic E-state index is 12.0. The monoisotopic (exact) mass is 291 g/mol. The molecule has 1 heterocycles. The molecule has 1 saturated heterocycles. The van der Waals surface area contributed by atoms with Crippen LogP contribution in [0.15, 0.2) is 18.2 Å². The van der Waals surface area contributed by atoms with Crippen LogP contribution in [0.4, 0.5) is 0 Å². The second-order valence-corrected chi connectivity index (χ2v) is 4.68. The molecule has 7 heteroatoms. The van der Waals surface area contributed by atoms with Gasteiger partial charge in [-0.05, 0) is 30.5 Å². The highest BCUT2D eigenvalue weighted by Gasteiger charge is 2.18. The van der Waals surface area contributed by atoms with Gasteiger partial charge >= 0.3 is 0 Å². The van der Waals surface area contributed by atoms with Crippen LogP contribution in [-0.2, 0) is 4.74 Å². The topological polar surface area (TPSA) is 119 Å². The summed E-state index contributed by atoms with van der Waals surface area (Å²) in [5, 5.41) is 24.3. The van der Waals surface area contributed by atoms with Gasteiger partial charge in [0.05, 0.1) is 18.0 Å². The minimum atomic E-state index is -1.62. The number of nitrogens with one attached hydrogen (secondary N) is 1. The number of carboxylic acid groups (broad SMARTS) is 2. The van der Waals surface area contributed by atoms with Crippen LogP contribution in [0.1, 0.15) is 43.9 Å². The molecule has 0 saturated carbocycles. The molecule has 1 aromatic rings. The average molecular weight is 291 g/mol. The molecule has 0 aliphatic carbocycles. The predicted molar refractivity (Wildman–Crippen MR) is 66.4 cm³/mol. The molecule has 1 amide bonds. The molecule has 0 unspecified atom stereocenters. The van der Waals surface area contributed by atoms with Gasteiger partial charge < -0.3 is 29.9 Å². The number of hydrogen-bond donors (Lipinski definition) is 1. The third-order valence-corrected chi connectivity index (χ3v) is 3.23. The van der Waals surface area contributed by atoms with Crippen LogP contribution in [0.5, 0.6) is 0 Å². The van der Waals surface area contributed by atoms with Crippen molar-refractivity contribution in [3.05, 3.63) is 34.9 Å². The summed E-state index contributed by atoms with van der Waals surface area (Å²) in [5.74, 6) is -3.77. The summed E-state index contributed by atoms with van der Waals surface area (Å²) in [4.78, 5) is 33.7. The maximum Gasteiger partial charge on any atom is 0.252 e. The first-order valence-electron chi connectivity index (χ1n) is 6.45. The molecule has 1 N–H and O–H groups in total. The van der Waals surface area contributed by atoms with Crippen molar-refractivity contribution in [3.8, 4) is 0 Å². The van der Waals surface area contributed by atoms with Gasteiger partial charge in [-0.1, -0.05) is 6.07 Å². The van der Waals surface area contributed by atoms with Crippen LogP contribution in [0.3, 0.4) is 0 Å². The standard InChI is InChI=1S/C14H15NO6/c16-12(15-7-9-2-1-5-21-9)10-4-3-8(13(17)18)6-11(10)14(19)20/h3-4,6,9H,1-2,5,7H2,(H,15,16)(H,17,18)(H,19,20)/p-2/t9-/m0/s1. The van der Waals surface area contributed by atoms with Gasteiger partial charge in [0.2, 0.25) is 0 Å².